The van der Waals surface area contributed by atoms with Gasteiger partial charge < -0.3 is 14.5 Å². The van der Waals surface area contributed by atoms with E-state index in [0.717, 1.165) is 26.2 Å². The lowest BCUT2D eigenvalue weighted by Crippen LogP contribution is -2.58. The fourth-order valence-electron chi connectivity index (χ4n) is 2.84. The van der Waals surface area contributed by atoms with Gasteiger partial charge in [-0.2, -0.15) is 0 Å². The third-order valence-corrected chi connectivity index (χ3v) is 4.32. The van der Waals surface area contributed by atoms with Gasteiger partial charge in [0.05, 0.1) is 18.6 Å². The van der Waals surface area contributed by atoms with Crippen LogP contribution in [-0.4, -0.2) is 50.2 Å². The van der Waals surface area contributed by atoms with E-state index < -0.39 is 0 Å². The number of carbonyl (C=O) groups is 1. The first-order valence-electron chi connectivity index (χ1n) is 7.27. The Morgan fingerprint density at radius 1 is 1.10 bits per heavy atom. The summed E-state index contributed by atoms with van der Waals surface area (Å²) in [6.07, 6.45) is 0. The number of rotatable bonds is 2. The van der Waals surface area contributed by atoms with Crippen LogP contribution in [0.4, 0.5) is 5.69 Å². The highest BCUT2D eigenvalue weighted by Crippen LogP contribution is 2.29. The molecule has 2 aliphatic heterocycles. The van der Waals surface area contributed by atoms with Crippen LogP contribution in [0, 0.1) is 12.3 Å². The number of ether oxygens (including phenoxy) is 1. The first-order valence-corrected chi connectivity index (χ1v) is 7.27. The average Bonchev–Trinajstić information content (AvgIpc) is 2.45. The zero-order valence-corrected chi connectivity index (χ0v) is 12.3. The van der Waals surface area contributed by atoms with Crippen molar-refractivity contribution in [2.45, 2.75) is 13.8 Å². The summed E-state index contributed by atoms with van der Waals surface area (Å²) in [6.45, 7) is 8.68. The molecule has 3 rings (SSSR count). The smallest absolute Gasteiger partial charge is 0.233 e. The second-order valence-electron chi connectivity index (χ2n) is 6.17. The van der Waals surface area contributed by atoms with E-state index in [1.165, 1.54) is 11.3 Å². The Bertz CT molecular complexity index is 486. The molecule has 0 aromatic heterocycles. The summed E-state index contributed by atoms with van der Waals surface area (Å²) in [4.78, 5) is 16.8. The van der Waals surface area contributed by atoms with Crippen molar-refractivity contribution in [3.05, 3.63) is 29.8 Å². The Hall–Kier alpha value is -1.55. The van der Waals surface area contributed by atoms with Gasteiger partial charge in [-0.15, -0.1) is 0 Å². The Balaban J connectivity index is 1.59. The highest BCUT2D eigenvalue weighted by atomic mass is 16.5. The fraction of sp³-hybridized carbons (Fsp3) is 0.562. The number of hydrogen-bond donors (Lipinski definition) is 0. The normalized spacial score (nSPS) is 21.5. The molecule has 108 valence electrons. The monoisotopic (exact) mass is 274 g/mol. The highest BCUT2D eigenvalue weighted by Gasteiger charge is 2.44. The molecule has 1 amide bonds. The molecule has 2 fully saturated rings. The minimum Gasteiger partial charge on any atom is -0.379 e. The van der Waals surface area contributed by atoms with Gasteiger partial charge in [0.2, 0.25) is 5.91 Å². The molecule has 20 heavy (non-hydrogen) atoms. The summed E-state index contributed by atoms with van der Waals surface area (Å²) < 4.78 is 5.19. The molecule has 0 saturated carbocycles. The van der Waals surface area contributed by atoms with Crippen molar-refractivity contribution in [3.8, 4) is 0 Å². The Labute approximate surface area is 120 Å². The van der Waals surface area contributed by atoms with Gasteiger partial charge in [-0.3, -0.25) is 4.79 Å². The van der Waals surface area contributed by atoms with Gasteiger partial charge in [-0.25, -0.2) is 0 Å². The lowest BCUT2D eigenvalue weighted by Gasteiger charge is -2.43. The third kappa shape index (κ3) is 2.40. The number of anilines is 1. The summed E-state index contributed by atoms with van der Waals surface area (Å²) >= 11 is 0. The predicted molar refractivity (Wildman–Crippen MR) is 78.9 cm³/mol. The molecule has 0 radical (unpaired) electrons. The largest absolute Gasteiger partial charge is 0.379 e. The molecule has 2 heterocycles. The molecule has 1 aromatic carbocycles. The molecule has 0 bridgehead atoms. The van der Waals surface area contributed by atoms with Gasteiger partial charge in [0.1, 0.15) is 0 Å². The van der Waals surface area contributed by atoms with Gasteiger partial charge in [-0.05, 0) is 26.0 Å². The zero-order valence-electron chi connectivity index (χ0n) is 12.3. The Morgan fingerprint density at radius 2 is 1.70 bits per heavy atom. The van der Waals surface area contributed by atoms with Crippen LogP contribution < -0.4 is 4.90 Å². The van der Waals surface area contributed by atoms with Crippen molar-refractivity contribution in [3.63, 3.8) is 0 Å². The second-order valence-corrected chi connectivity index (χ2v) is 6.17. The summed E-state index contributed by atoms with van der Waals surface area (Å²) in [5, 5.41) is 0. The maximum Gasteiger partial charge on any atom is 0.233 e. The van der Waals surface area contributed by atoms with Crippen LogP contribution in [0.1, 0.15) is 12.5 Å². The second kappa shape index (κ2) is 5.09. The van der Waals surface area contributed by atoms with E-state index in [9.17, 15) is 4.79 Å². The van der Waals surface area contributed by atoms with E-state index in [1.807, 2.05) is 11.8 Å². The summed E-state index contributed by atoms with van der Waals surface area (Å²) in [7, 11) is 0. The summed E-state index contributed by atoms with van der Waals surface area (Å²) in [6, 6.07) is 8.60. The molecule has 0 unspecified atom stereocenters. The van der Waals surface area contributed by atoms with E-state index in [-0.39, 0.29) is 11.3 Å². The number of benzene rings is 1. The minimum atomic E-state index is -0.272. The number of nitrogens with zero attached hydrogens (tertiary/aromatic N) is 2. The molecule has 0 N–H and O–H groups in total. The maximum absolute atomic E-state index is 12.4. The van der Waals surface area contributed by atoms with Crippen LogP contribution in [0.2, 0.25) is 0 Å². The highest BCUT2D eigenvalue weighted by molar-refractivity contribution is 5.83. The van der Waals surface area contributed by atoms with Gasteiger partial charge in [-0.1, -0.05) is 17.7 Å². The van der Waals surface area contributed by atoms with Crippen LogP contribution >= 0.6 is 0 Å². The van der Waals surface area contributed by atoms with Gasteiger partial charge in [0.15, 0.2) is 0 Å². The lowest BCUT2D eigenvalue weighted by atomic mass is 9.86. The number of aryl methyl sites for hydroxylation is 1. The summed E-state index contributed by atoms with van der Waals surface area (Å²) in [5.74, 6) is 0.257. The van der Waals surface area contributed by atoms with Gasteiger partial charge in [0.25, 0.3) is 0 Å². The van der Waals surface area contributed by atoms with Crippen LogP contribution in [0.5, 0.6) is 0 Å². The number of carbonyl (C=O) groups excluding carboxylic acids is 1. The molecule has 4 heteroatoms. The molecular weight excluding hydrogens is 252 g/mol. The molecule has 1 aromatic rings. The first-order chi connectivity index (χ1) is 9.58. The van der Waals surface area contributed by atoms with E-state index in [0.29, 0.717) is 13.2 Å². The minimum absolute atomic E-state index is 0.257. The van der Waals surface area contributed by atoms with Crippen LogP contribution in [-0.2, 0) is 9.53 Å². The molecule has 2 aliphatic rings. The van der Waals surface area contributed by atoms with E-state index in [2.05, 4.69) is 36.1 Å². The fourth-order valence-corrected chi connectivity index (χ4v) is 2.84. The van der Waals surface area contributed by atoms with Gasteiger partial charge >= 0.3 is 0 Å². The van der Waals surface area contributed by atoms with Crippen LogP contribution in [0.3, 0.4) is 0 Å². The number of piperazine rings is 1. The topological polar surface area (TPSA) is 32.8 Å². The van der Waals surface area contributed by atoms with E-state index in [4.69, 9.17) is 4.74 Å². The Kier molecular flexibility index (Phi) is 3.42. The van der Waals surface area contributed by atoms with Crippen LogP contribution in [0.15, 0.2) is 24.3 Å². The van der Waals surface area contributed by atoms with Crippen molar-refractivity contribution >= 4 is 11.6 Å². The van der Waals surface area contributed by atoms with E-state index in [1.54, 1.807) is 0 Å². The predicted octanol–water partition coefficient (Wildman–Crippen LogP) is 1.68. The first kappa shape index (κ1) is 13.4. The van der Waals surface area contributed by atoms with Crippen molar-refractivity contribution < 1.29 is 9.53 Å². The van der Waals surface area contributed by atoms with Crippen molar-refractivity contribution in [1.29, 1.82) is 0 Å². The lowest BCUT2D eigenvalue weighted by molar-refractivity contribution is -0.169. The standard InChI is InChI=1S/C16H22N2O2/c1-13-3-5-14(6-4-13)17-7-9-18(10-8-17)15(19)16(2)11-20-12-16/h3-6H,7-12H2,1-2H3. The van der Waals surface area contributed by atoms with Gasteiger partial charge in [0, 0.05) is 31.9 Å². The average molecular weight is 274 g/mol. The molecule has 0 spiro atoms. The van der Waals surface area contributed by atoms with Crippen molar-refractivity contribution in [1.82, 2.24) is 4.90 Å². The quantitative estimate of drug-likeness (QED) is 0.822. The zero-order chi connectivity index (χ0) is 14.2. The van der Waals surface area contributed by atoms with Crippen molar-refractivity contribution in [2.75, 3.05) is 44.3 Å². The molecular formula is C16H22N2O2. The maximum atomic E-state index is 12.4. The number of hydrogen-bond acceptors (Lipinski definition) is 3. The Morgan fingerprint density at radius 3 is 2.20 bits per heavy atom. The van der Waals surface area contributed by atoms with Crippen LogP contribution in [0.25, 0.3) is 0 Å². The SMILES string of the molecule is Cc1ccc(N2CCN(C(=O)C3(C)COC3)CC2)cc1. The molecule has 2 saturated heterocycles. The van der Waals surface area contributed by atoms with Crippen molar-refractivity contribution in [2.24, 2.45) is 5.41 Å². The van der Waals surface area contributed by atoms with E-state index >= 15 is 0 Å². The molecule has 4 nitrogen and oxygen atoms in total. The third-order valence-electron chi connectivity index (χ3n) is 4.32. The number of amides is 1. The molecule has 0 atom stereocenters. The summed E-state index contributed by atoms with van der Waals surface area (Å²) in [5.41, 5.74) is 2.26. The molecule has 0 aliphatic carbocycles.